The Hall–Kier alpha value is -0.950. The van der Waals surface area contributed by atoms with Gasteiger partial charge in [-0.1, -0.05) is 45.3 Å². The number of unbranched alkanes of at least 4 members (excludes halogenated alkanes) is 2. The number of hydrogen-bond donors (Lipinski definition) is 5. The number of carboxylic acids is 1. The molecule has 6 heteroatoms. The Morgan fingerprint density at radius 3 is 2.40 bits per heavy atom. The van der Waals surface area contributed by atoms with Crippen LogP contribution in [-0.2, 0) is 4.79 Å². The molecule has 3 saturated carbocycles. The molecule has 4 aliphatic rings. The molecular formula is C36H66N4O2. The molecule has 0 aliphatic heterocycles. The van der Waals surface area contributed by atoms with Crippen LogP contribution in [0.3, 0.4) is 0 Å². The second-order valence-corrected chi connectivity index (χ2v) is 15.2. The standard InChI is InChI=1S/C36H66N4O2/c1-27(34(41)42)10-4-5-11-28-13-15-32-31-14-12-29-26-30(16-18-36(29,3)33(31)17-19-35(28,32)2)40-25-9-24-39-22-7-6-21-38-23-8-20-37/h12,27-28,30-33,38-40H,4-11,13-26,37H2,1-3H3,(H,41,42). The largest absolute Gasteiger partial charge is 0.481 e. The Labute approximate surface area is 258 Å². The normalized spacial score (nSPS) is 34.8. The number of rotatable bonds is 19. The zero-order valence-corrected chi connectivity index (χ0v) is 27.5. The molecule has 0 aromatic carbocycles. The molecule has 0 aromatic heterocycles. The van der Waals surface area contributed by atoms with Crippen molar-refractivity contribution in [1.29, 1.82) is 0 Å². The van der Waals surface area contributed by atoms with Crippen LogP contribution in [-0.4, -0.2) is 56.4 Å². The maximum Gasteiger partial charge on any atom is 0.306 e. The highest BCUT2D eigenvalue weighted by atomic mass is 16.4. The van der Waals surface area contributed by atoms with Crippen LogP contribution in [0.4, 0.5) is 0 Å². The molecule has 0 aromatic rings. The first kappa shape index (κ1) is 33.9. The molecule has 0 amide bonds. The summed E-state index contributed by atoms with van der Waals surface area (Å²) in [5.74, 6) is 2.67. The number of fused-ring (bicyclic) bond motifs is 5. The van der Waals surface area contributed by atoms with E-state index in [1.807, 2.05) is 6.92 Å². The van der Waals surface area contributed by atoms with E-state index in [-0.39, 0.29) is 5.92 Å². The first-order chi connectivity index (χ1) is 20.3. The molecule has 6 nitrogen and oxygen atoms in total. The van der Waals surface area contributed by atoms with Gasteiger partial charge in [-0.25, -0.2) is 0 Å². The van der Waals surface area contributed by atoms with Gasteiger partial charge in [0.25, 0.3) is 0 Å². The third-order valence-corrected chi connectivity index (χ3v) is 12.6. The van der Waals surface area contributed by atoms with Crippen LogP contribution in [0.15, 0.2) is 11.6 Å². The Balaban J connectivity index is 1.16. The molecule has 0 saturated heterocycles. The lowest BCUT2D eigenvalue weighted by Gasteiger charge is -2.58. The average molecular weight is 587 g/mol. The van der Waals surface area contributed by atoms with Crippen LogP contribution in [0.2, 0.25) is 0 Å². The molecule has 0 bridgehead atoms. The quantitative estimate of drug-likeness (QED) is 0.0875. The van der Waals surface area contributed by atoms with E-state index in [0.717, 1.165) is 82.2 Å². The molecule has 0 radical (unpaired) electrons. The number of allylic oxidation sites excluding steroid dienone is 1. The van der Waals surface area contributed by atoms with E-state index in [2.05, 4.69) is 35.9 Å². The molecule has 0 heterocycles. The van der Waals surface area contributed by atoms with Gasteiger partial charge in [0.2, 0.25) is 0 Å². The Bertz CT molecular complexity index is 863. The number of nitrogens with one attached hydrogen (secondary N) is 3. The van der Waals surface area contributed by atoms with Gasteiger partial charge in [-0.15, -0.1) is 0 Å². The second kappa shape index (κ2) is 16.4. The van der Waals surface area contributed by atoms with Crippen LogP contribution in [0.25, 0.3) is 0 Å². The molecule has 3 fully saturated rings. The fourth-order valence-corrected chi connectivity index (χ4v) is 9.88. The zero-order chi connectivity index (χ0) is 30.0. The fraction of sp³-hybridized carbons (Fsp3) is 0.917. The summed E-state index contributed by atoms with van der Waals surface area (Å²) in [4.78, 5) is 11.2. The molecule has 42 heavy (non-hydrogen) atoms. The van der Waals surface area contributed by atoms with E-state index >= 15 is 0 Å². The lowest BCUT2D eigenvalue weighted by molar-refractivity contribution is -0.141. The van der Waals surface area contributed by atoms with E-state index in [1.54, 1.807) is 5.57 Å². The third kappa shape index (κ3) is 8.40. The van der Waals surface area contributed by atoms with E-state index < -0.39 is 5.97 Å². The van der Waals surface area contributed by atoms with E-state index in [4.69, 9.17) is 5.73 Å². The first-order valence-corrected chi connectivity index (χ1v) is 18.1. The van der Waals surface area contributed by atoms with Gasteiger partial charge in [0.05, 0.1) is 5.92 Å². The van der Waals surface area contributed by atoms with Crippen molar-refractivity contribution in [3.8, 4) is 0 Å². The van der Waals surface area contributed by atoms with Gasteiger partial charge < -0.3 is 26.8 Å². The van der Waals surface area contributed by atoms with Crippen molar-refractivity contribution in [2.45, 2.75) is 130 Å². The zero-order valence-electron chi connectivity index (χ0n) is 27.5. The van der Waals surface area contributed by atoms with Crippen molar-refractivity contribution < 1.29 is 9.90 Å². The predicted octanol–water partition coefficient (Wildman–Crippen LogP) is 6.50. The van der Waals surface area contributed by atoms with Crippen molar-refractivity contribution in [3.63, 3.8) is 0 Å². The van der Waals surface area contributed by atoms with Gasteiger partial charge in [0.15, 0.2) is 0 Å². The second-order valence-electron chi connectivity index (χ2n) is 15.2. The highest BCUT2D eigenvalue weighted by Crippen LogP contribution is 2.66. The summed E-state index contributed by atoms with van der Waals surface area (Å²) < 4.78 is 0. The van der Waals surface area contributed by atoms with Crippen molar-refractivity contribution in [2.24, 2.45) is 46.2 Å². The molecule has 6 N–H and O–H groups in total. The molecule has 0 spiro atoms. The highest BCUT2D eigenvalue weighted by molar-refractivity contribution is 5.69. The van der Waals surface area contributed by atoms with Crippen LogP contribution in [0, 0.1) is 40.4 Å². The predicted molar refractivity (Wildman–Crippen MR) is 176 cm³/mol. The maximum absolute atomic E-state index is 11.2. The summed E-state index contributed by atoms with van der Waals surface area (Å²) in [7, 11) is 0. The lowest BCUT2D eigenvalue weighted by Crippen LogP contribution is -2.51. The molecule has 8 atom stereocenters. The summed E-state index contributed by atoms with van der Waals surface area (Å²) in [5, 5.41) is 20.2. The van der Waals surface area contributed by atoms with Crippen molar-refractivity contribution in [1.82, 2.24) is 16.0 Å². The summed E-state index contributed by atoms with van der Waals surface area (Å²) in [5.41, 5.74) is 8.26. The minimum Gasteiger partial charge on any atom is -0.481 e. The highest BCUT2D eigenvalue weighted by Gasteiger charge is 2.58. The summed E-state index contributed by atoms with van der Waals surface area (Å²) in [6, 6.07) is 0.661. The van der Waals surface area contributed by atoms with Crippen LogP contribution >= 0.6 is 0 Å². The molecular weight excluding hydrogens is 520 g/mol. The summed E-state index contributed by atoms with van der Waals surface area (Å²) in [6.07, 6.45) is 22.9. The smallest absolute Gasteiger partial charge is 0.306 e. The Morgan fingerprint density at radius 2 is 1.67 bits per heavy atom. The van der Waals surface area contributed by atoms with E-state index in [9.17, 15) is 9.90 Å². The van der Waals surface area contributed by atoms with Gasteiger partial charge in [0, 0.05) is 6.04 Å². The van der Waals surface area contributed by atoms with Crippen molar-refractivity contribution in [2.75, 3.05) is 39.3 Å². The lowest BCUT2D eigenvalue weighted by atomic mass is 9.47. The monoisotopic (exact) mass is 587 g/mol. The minimum atomic E-state index is -0.637. The van der Waals surface area contributed by atoms with E-state index in [0.29, 0.717) is 16.9 Å². The number of hydrogen-bond acceptors (Lipinski definition) is 5. The van der Waals surface area contributed by atoms with Gasteiger partial charge >= 0.3 is 5.97 Å². The fourth-order valence-electron chi connectivity index (χ4n) is 9.88. The van der Waals surface area contributed by atoms with Gasteiger partial charge in [-0.05, 0) is 164 Å². The van der Waals surface area contributed by atoms with Crippen molar-refractivity contribution in [3.05, 3.63) is 11.6 Å². The SMILES string of the molecule is CC(CCCCC1CCC2C3CC=C4CC(NCCCNCCCCNCCCN)CCC4(C)C3CCC12C)C(=O)O. The van der Waals surface area contributed by atoms with Gasteiger partial charge in [-0.2, -0.15) is 0 Å². The number of carbonyl (C=O) groups is 1. The number of carboxylic acid groups (broad SMARTS) is 1. The summed E-state index contributed by atoms with van der Waals surface area (Å²) >= 11 is 0. The number of aliphatic carboxylic acids is 1. The summed E-state index contributed by atoms with van der Waals surface area (Å²) in [6.45, 7) is 13.5. The molecule has 242 valence electrons. The maximum atomic E-state index is 11.2. The minimum absolute atomic E-state index is 0.196. The Morgan fingerprint density at radius 1 is 0.929 bits per heavy atom. The molecule has 4 rings (SSSR count). The number of nitrogens with two attached hydrogens (primary N) is 1. The van der Waals surface area contributed by atoms with Crippen LogP contribution < -0.4 is 21.7 Å². The van der Waals surface area contributed by atoms with Crippen molar-refractivity contribution >= 4 is 5.97 Å². The molecule has 4 aliphatic carbocycles. The van der Waals surface area contributed by atoms with Gasteiger partial charge in [0.1, 0.15) is 0 Å². The Kier molecular flexibility index (Phi) is 13.2. The molecule has 8 unspecified atom stereocenters. The van der Waals surface area contributed by atoms with Crippen LogP contribution in [0.1, 0.15) is 124 Å². The van der Waals surface area contributed by atoms with Gasteiger partial charge in [-0.3, -0.25) is 4.79 Å². The third-order valence-electron chi connectivity index (χ3n) is 12.6. The van der Waals surface area contributed by atoms with Crippen LogP contribution in [0.5, 0.6) is 0 Å². The van der Waals surface area contributed by atoms with E-state index in [1.165, 1.54) is 83.5 Å². The average Bonchev–Trinajstić information content (AvgIpc) is 3.31. The first-order valence-electron chi connectivity index (χ1n) is 18.1. The topological polar surface area (TPSA) is 99.4 Å².